The Morgan fingerprint density at radius 1 is 0.946 bits per heavy atom. The Kier molecular flexibility index (Phi) is 7.08. The van der Waals surface area contributed by atoms with Crippen LogP contribution in [0.1, 0.15) is 20.3 Å². The van der Waals surface area contributed by atoms with E-state index in [-0.39, 0.29) is 4.90 Å². The van der Waals surface area contributed by atoms with Crippen molar-refractivity contribution < 1.29 is 13.2 Å². The molecule has 0 atom stereocenters. The standard InChI is InChI=1S/C28H28N4O3S2/c1-20(2)16-17-36-28-30-29-27(32(28)21-10-9-11-22(18-21)35-3)25-19-31(26-15-8-7-14-24(25)26)37(33,34)23-12-5-4-6-13-23/h4-15,18-20H,16-17H2,1-3H3. The molecule has 0 N–H and O–H groups in total. The van der Waals surface area contributed by atoms with Gasteiger partial charge in [-0.15, -0.1) is 10.2 Å². The summed E-state index contributed by atoms with van der Waals surface area (Å²) in [7, 11) is -2.19. The highest BCUT2D eigenvalue weighted by molar-refractivity contribution is 7.99. The molecule has 0 aliphatic carbocycles. The van der Waals surface area contributed by atoms with Crippen molar-refractivity contribution >= 4 is 32.7 Å². The molecular weight excluding hydrogens is 504 g/mol. The number of benzene rings is 3. The normalized spacial score (nSPS) is 11.9. The maximum atomic E-state index is 13.6. The molecule has 5 rings (SSSR count). The molecule has 0 amide bonds. The second-order valence-electron chi connectivity index (χ2n) is 9.05. The van der Waals surface area contributed by atoms with Crippen LogP contribution in [0.25, 0.3) is 28.0 Å². The Hall–Kier alpha value is -3.56. The number of para-hydroxylation sites is 1. The van der Waals surface area contributed by atoms with E-state index < -0.39 is 10.0 Å². The Balaban J connectivity index is 1.71. The molecule has 190 valence electrons. The van der Waals surface area contributed by atoms with E-state index in [2.05, 4.69) is 24.0 Å². The molecule has 0 saturated heterocycles. The number of hydrogen-bond donors (Lipinski definition) is 0. The lowest BCUT2D eigenvalue weighted by Crippen LogP contribution is -2.11. The largest absolute Gasteiger partial charge is 0.497 e. The lowest BCUT2D eigenvalue weighted by atomic mass is 10.1. The second kappa shape index (κ2) is 10.4. The number of rotatable bonds is 9. The van der Waals surface area contributed by atoms with Gasteiger partial charge >= 0.3 is 0 Å². The molecular formula is C28H28N4O3S2. The van der Waals surface area contributed by atoms with Crippen molar-refractivity contribution in [2.24, 2.45) is 5.92 Å². The first kappa shape index (κ1) is 25.1. The fourth-order valence-electron chi connectivity index (χ4n) is 4.14. The van der Waals surface area contributed by atoms with Gasteiger partial charge in [0.25, 0.3) is 10.0 Å². The minimum absolute atomic E-state index is 0.224. The van der Waals surface area contributed by atoms with Gasteiger partial charge < -0.3 is 4.74 Å². The van der Waals surface area contributed by atoms with E-state index >= 15 is 0 Å². The lowest BCUT2D eigenvalue weighted by Gasteiger charge is -2.12. The number of methoxy groups -OCH3 is 1. The van der Waals surface area contributed by atoms with E-state index in [1.54, 1.807) is 55.4 Å². The third-order valence-electron chi connectivity index (χ3n) is 6.09. The molecule has 0 fully saturated rings. The monoisotopic (exact) mass is 532 g/mol. The van der Waals surface area contributed by atoms with Gasteiger partial charge in [0.1, 0.15) is 5.75 Å². The predicted octanol–water partition coefficient (Wildman–Crippen LogP) is 6.27. The van der Waals surface area contributed by atoms with Crippen LogP contribution in [0, 0.1) is 5.92 Å². The zero-order valence-corrected chi connectivity index (χ0v) is 22.5. The van der Waals surface area contributed by atoms with Crippen molar-refractivity contribution in [1.82, 2.24) is 18.7 Å². The highest BCUT2D eigenvalue weighted by Gasteiger charge is 2.25. The summed E-state index contributed by atoms with van der Waals surface area (Å²) in [5, 5.41) is 10.6. The average molecular weight is 533 g/mol. The molecule has 0 aliphatic rings. The van der Waals surface area contributed by atoms with E-state index in [1.165, 1.54) is 3.97 Å². The maximum absolute atomic E-state index is 13.6. The SMILES string of the molecule is COc1cccc(-n2c(SCCC(C)C)nnc2-c2cn(S(=O)(=O)c3ccccc3)c3ccccc23)c1. The minimum atomic E-state index is -3.82. The fourth-order valence-corrected chi connectivity index (χ4v) is 6.72. The number of aromatic nitrogens is 4. The highest BCUT2D eigenvalue weighted by Crippen LogP contribution is 2.36. The topological polar surface area (TPSA) is 79.0 Å². The van der Waals surface area contributed by atoms with Crippen molar-refractivity contribution in [3.63, 3.8) is 0 Å². The number of thioether (sulfide) groups is 1. The van der Waals surface area contributed by atoms with Gasteiger partial charge in [0, 0.05) is 29.0 Å². The molecule has 0 aliphatic heterocycles. The molecule has 2 heterocycles. The molecule has 3 aromatic carbocycles. The van der Waals surface area contributed by atoms with Gasteiger partial charge in [-0.25, -0.2) is 12.4 Å². The first-order chi connectivity index (χ1) is 17.9. The minimum Gasteiger partial charge on any atom is -0.497 e. The highest BCUT2D eigenvalue weighted by atomic mass is 32.2. The number of nitrogens with zero attached hydrogens (tertiary/aromatic N) is 4. The van der Waals surface area contributed by atoms with Gasteiger partial charge in [0.05, 0.1) is 23.2 Å². The molecule has 9 heteroatoms. The molecule has 7 nitrogen and oxygen atoms in total. The van der Waals surface area contributed by atoms with Gasteiger partial charge in [-0.05, 0) is 42.7 Å². The summed E-state index contributed by atoms with van der Waals surface area (Å²) in [6.07, 6.45) is 2.69. The van der Waals surface area contributed by atoms with E-state index in [0.717, 1.165) is 28.4 Å². The van der Waals surface area contributed by atoms with E-state index in [9.17, 15) is 8.42 Å². The van der Waals surface area contributed by atoms with Crippen LogP contribution in [-0.4, -0.2) is 40.0 Å². The third kappa shape index (κ3) is 4.89. The van der Waals surface area contributed by atoms with Gasteiger partial charge in [-0.1, -0.05) is 68.1 Å². The summed E-state index contributed by atoms with van der Waals surface area (Å²) in [5.41, 5.74) is 2.10. The molecule has 0 radical (unpaired) electrons. The van der Waals surface area contributed by atoms with Crippen molar-refractivity contribution in [2.75, 3.05) is 12.9 Å². The quantitative estimate of drug-likeness (QED) is 0.208. The second-order valence-corrected chi connectivity index (χ2v) is 11.9. The summed E-state index contributed by atoms with van der Waals surface area (Å²) in [6, 6.07) is 23.6. The Morgan fingerprint density at radius 3 is 2.46 bits per heavy atom. The van der Waals surface area contributed by atoms with Crippen molar-refractivity contribution in [2.45, 2.75) is 30.3 Å². The molecule has 0 unspecified atom stereocenters. The van der Waals surface area contributed by atoms with Crippen molar-refractivity contribution in [3.05, 3.63) is 85.1 Å². The summed E-state index contributed by atoms with van der Waals surface area (Å²) in [4.78, 5) is 0.224. The van der Waals surface area contributed by atoms with Crippen LogP contribution >= 0.6 is 11.8 Å². The lowest BCUT2D eigenvalue weighted by molar-refractivity contribution is 0.414. The van der Waals surface area contributed by atoms with Crippen LogP contribution in [0.15, 0.2) is 95.1 Å². The summed E-state index contributed by atoms with van der Waals surface area (Å²) >= 11 is 1.64. The molecule has 2 aromatic heterocycles. The maximum Gasteiger partial charge on any atom is 0.268 e. The van der Waals surface area contributed by atoms with Crippen LogP contribution in [0.5, 0.6) is 5.75 Å². The zero-order chi connectivity index (χ0) is 26.0. The van der Waals surface area contributed by atoms with Crippen LogP contribution in [0.2, 0.25) is 0 Å². The Labute approximate surface area is 221 Å². The van der Waals surface area contributed by atoms with Gasteiger partial charge in [0.15, 0.2) is 11.0 Å². The van der Waals surface area contributed by atoms with E-state index in [1.807, 2.05) is 53.1 Å². The molecule has 5 aromatic rings. The van der Waals surface area contributed by atoms with Gasteiger partial charge in [0.2, 0.25) is 0 Å². The number of fused-ring (bicyclic) bond motifs is 1. The molecule has 0 spiro atoms. The summed E-state index contributed by atoms with van der Waals surface area (Å²) in [6.45, 7) is 4.39. The predicted molar refractivity (Wildman–Crippen MR) is 148 cm³/mol. The fraction of sp³-hybridized carbons (Fsp3) is 0.214. The molecule has 0 bridgehead atoms. The van der Waals surface area contributed by atoms with E-state index in [0.29, 0.717) is 28.6 Å². The third-order valence-corrected chi connectivity index (χ3v) is 8.74. The number of hydrogen-bond acceptors (Lipinski definition) is 6. The van der Waals surface area contributed by atoms with Crippen LogP contribution in [-0.2, 0) is 10.0 Å². The zero-order valence-electron chi connectivity index (χ0n) is 20.9. The van der Waals surface area contributed by atoms with Gasteiger partial charge in [-0.2, -0.15) is 0 Å². The van der Waals surface area contributed by atoms with Crippen LogP contribution in [0.3, 0.4) is 0 Å². The smallest absolute Gasteiger partial charge is 0.268 e. The summed E-state index contributed by atoms with van der Waals surface area (Å²) < 4.78 is 36.1. The molecule has 37 heavy (non-hydrogen) atoms. The first-order valence-electron chi connectivity index (χ1n) is 12.0. The van der Waals surface area contributed by atoms with Crippen molar-refractivity contribution in [3.8, 4) is 22.8 Å². The Bertz CT molecular complexity index is 1640. The van der Waals surface area contributed by atoms with Crippen LogP contribution < -0.4 is 4.74 Å². The molecule has 0 saturated carbocycles. The Morgan fingerprint density at radius 2 is 1.70 bits per heavy atom. The number of ether oxygens (including phenoxy) is 1. The average Bonchev–Trinajstić information content (AvgIpc) is 3.51. The first-order valence-corrected chi connectivity index (χ1v) is 14.5. The van der Waals surface area contributed by atoms with E-state index in [4.69, 9.17) is 4.74 Å². The van der Waals surface area contributed by atoms with Gasteiger partial charge in [-0.3, -0.25) is 4.57 Å². The van der Waals surface area contributed by atoms with Crippen LogP contribution in [0.4, 0.5) is 0 Å². The van der Waals surface area contributed by atoms with Crippen molar-refractivity contribution in [1.29, 1.82) is 0 Å². The summed E-state index contributed by atoms with van der Waals surface area (Å²) in [5.74, 6) is 2.74.